The van der Waals surface area contributed by atoms with Crippen LogP contribution in [0.25, 0.3) is 0 Å². The third kappa shape index (κ3) is 1.96. The Kier molecular flexibility index (Phi) is 2.62. The van der Waals surface area contributed by atoms with Gasteiger partial charge < -0.3 is 10.0 Å². The Morgan fingerprint density at radius 1 is 1.53 bits per heavy atom. The van der Waals surface area contributed by atoms with Gasteiger partial charge in [0.1, 0.15) is 6.04 Å². The van der Waals surface area contributed by atoms with E-state index >= 15 is 0 Å². The third-order valence-electron chi connectivity index (χ3n) is 2.87. The molecule has 0 saturated carbocycles. The highest BCUT2D eigenvalue weighted by molar-refractivity contribution is 5.79. The van der Waals surface area contributed by atoms with E-state index in [1.54, 1.807) is 0 Å². The molecule has 1 unspecified atom stereocenters. The van der Waals surface area contributed by atoms with Gasteiger partial charge in [-0.15, -0.1) is 0 Å². The van der Waals surface area contributed by atoms with Crippen LogP contribution in [0.3, 0.4) is 0 Å². The van der Waals surface area contributed by atoms with Crippen LogP contribution in [-0.2, 0) is 4.79 Å². The maximum atomic E-state index is 11.0. The molecule has 3 nitrogen and oxygen atoms in total. The number of benzene rings is 1. The molecule has 0 aliphatic carbocycles. The Hall–Kier alpha value is -1.51. The zero-order chi connectivity index (χ0) is 10.8. The van der Waals surface area contributed by atoms with Crippen LogP contribution >= 0.6 is 0 Å². The van der Waals surface area contributed by atoms with E-state index in [4.69, 9.17) is 5.11 Å². The van der Waals surface area contributed by atoms with Crippen LogP contribution in [-0.4, -0.2) is 23.7 Å². The molecule has 2 rings (SSSR count). The van der Waals surface area contributed by atoms with E-state index in [2.05, 4.69) is 0 Å². The van der Waals surface area contributed by atoms with Gasteiger partial charge >= 0.3 is 5.97 Å². The van der Waals surface area contributed by atoms with Crippen LogP contribution in [0.2, 0.25) is 0 Å². The van der Waals surface area contributed by atoms with Gasteiger partial charge in [0.15, 0.2) is 0 Å². The van der Waals surface area contributed by atoms with Gasteiger partial charge in [0, 0.05) is 12.2 Å². The van der Waals surface area contributed by atoms with Crippen LogP contribution < -0.4 is 4.90 Å². The number of carboxylic acids is 1. The predicted octanol–water partition coefficient (Wildman–Crippen LogP) is 2.05. The first-order valence-electron chi connectivity index (χ1n) is 5.24. The molecule has 0 aromatic heterocycles. The number of carboxylic acid groups (broad SMARTS) is 1. The highest BCUT2D eigenvalue weighted by atomic mass is 16.4. The van der Waals surface area contributed by atoms with E-state index in [1.165, 1.54) is 5.56 Å². The number of carbonyl (C=O) groups is 1. The molecule has 3 heteroatoms. The maximum Gasteiger partial charge on any atom is 0.326 e. The average molecular weight is 205 g/mol. The monoisotopic (exact) mass is 205 g/mol. The van der Waals surface area contributed by atoms with Crippen LogP contribution in [0.15, 0.2) is 24.3 Å². The van der Waals surface area contributed by atoms with E-state index in [0.29, 0.717) is 0 Å². The molecule has 1 aromatic rings. The van der Waals surface area contributed by atoms with Gasteiger partial charge in [0.2, 0.25) is 0 Å². The number of aliphatic carboxylic acids is 1. The molecule has 0 spiro atoms. The molecule has 80 valence electrons. The van der Waals surface area contributed by atoms with Crippen molar-refractivity contribution < 1.29 is 9.90 Å². The third-order valence-corrected chi connectivity index (χ3v) is 2.87. The van der Waals surface area contributed by atoms with Gasteiger partial charge in [0.05, 0.1) is 0 Å². The van der Waals surface area contributed by atoms with Crippen molar-refractivity contribution in [2.75, 3.05) is 11.4 Å². The van der Waals surface area contributed by atoms with Crippen molar-refractivity contribution in [3.05, 3.63) is 29.8 Å². The summed E-state index contributed by atoms with van der Waals surface area (Å²) >= 11 is 0. The summed E-state index contributed by atoms with van der Waals surface area (Å²) in [6, 6.07) is 7.68. The van der Waals surface area contributed by atoms with E-state index in [0.717, 1.165) is 25.1 Å². The summed E-state index contributed by atoms with van der Waals surface area (Å²) in [5, 5.41) is 9.07. The summed E-state index contributed by atoms with van der Waals surface area (Å²) in [5.74, 6) is -0.714. The zero-order valence-corrected chi connectivity index (χ0v) is 8.81. The summed E-state index contributed by atoms with van der Waals surface area (Å²) in [6.45, 7) is 2.87. The Morgan fingerprint density at radius 3 is 3.00 bits per heavy atom. The van der Waals surface area contributed by atoms with Crippen molar-refractivity contribution in [3.63, 3.8) is 0 Å². The molecule has 1 aliphatic heterocycles. The quantitative estimate of drug-likeness (QED) is 0.803. The molecule has 15 heavy (non-hydrogen) atoms. The first-order chi connectivity index (χ1) is 7.18. The van der Waals surface area contributed by atoms with Gasteiger partial charge in [-0.1, -0.05) is 12.1 Å². The average Bonchev–Trinajstić information content (AvgIpc) is 2.65. The Morgan fingerprint density at radius 2 is 2.33 bits per heavy atom. The minimum atomic E-state index is -0.714. The fourth-order valence-electron chi connectivity index (χ4n) is 2.14. The van der Waals surface area contributed by atoms with Crippen LogP contribution in [0, 0.1) is 6.92 Å². The van der Waals surface area contributed by atoms with E-state index in [9.17, 15) is 4.79 Å². The molecular formula is C12H15NO2. The highest BCUT2D eigenvalue weighted by Crippen LogP contribution is 2.26. The van der Waals surface area contributed by atoms with Crippen molar-refractivity contribution in [2.45, 2.75) is 25.8 Å². The van der Waals surface area contributed by atoms with Crippen molar-refractivity contribution in [2.24, 2.45) is 0 Å². The summed E-state index contributed by atoms with van der Waals surface area (Å²) in [6.07, 6.45) is 1.72. The summed E-state index contributed by atoms with van der Waals surface area (Å²) in [7, 11) is 0. The summed E-state index contributed by atoms with van der Waals surface area (Å²) in [4.78, 5) is 13.0. The van der Waals surface area contributed by atoms with E-state index in [-0.39, 0.29) is 6.04 Å². The molecule has 1 aromatic carbocycles. The second-order valence-corrected chi connectivity index (χ2v) is 4.03. The number of anilines is 1. The van der Waals surface area contributed by atoms with Crippen molar-refractivity contribution >= 4 is 11.7 Å². The number of hydrogen-bond donors (Lipinski definition) is 1. The molecule has 0 bridgehead atoms. The lowest BCUT2D eigenvalue weighted by Gasteiger charge is -2.23. The van der Waals surface area contributed by atoms with Gasteiger partial charge in [-0.25, -0.2) is 4.79 Å². The summed E-state index contributed by atoms with van der Waals surface area (Å²) < 4.78 is 0. The standard InChI is InChI=1S/C12H15NO2/c1-9-4-2-5-10(8-9)13-7-3-6-11(13)12(14)15/h2,4-5,8,11H,3,6-7H2,1H3,(H,14,15). The highest BCUT2D eigenvalue weighted by Gasteiger charge is 2.30. The second kappa shape index (κ2) is 3.93. The first kappa shape index (κ1) is 10.0. The normalized spacial score (nSPS) is 20.6. The largest absolute Gasteiger partial charge is 0.480 e. The van der Waals surface area contributed by atoms with Crippen molar-refractivity contribution in [1.29, 1.82) is 0 Å². The number of rotatable bonds is 2. The van der Waals surface area contributed by atoms with Crippen molar-refractivity contribution in [3.8, 4) is 0 Å². The fraction of sp³-hybridized carbons (Fsp3) is 0.417. The topological polar surface area (TPSA) is 40.5 Å². The van der Waals surface area contributed by atoms with E-state index < -0.39 is 5.97 Å². The summed E-state index contributed by atoms with van der Waals surface area (Å²) in [5.41, 5.74) is 2.20. The van der Waals surface area contributed by atoms with Crippen LogP contribution in [0.4, 0.5) is 5.69 Å². The predicted molar refractivity (Wildman–Crippen MR) is 59.2 cm³/mol. The molecule has 1 heterocycles. The van der Waals surface area contributed by atoms with Crippen molar-refractivity contribution in [1.82, 2.24) is 0 Å². The SMILES string of the molecule is Cc1cccc(N2CCCC2C(=O)O)c1. The zero-order valence-electron chi connectivity index (χ0n) is 8.81. The van der Waals surface area contributed by atoms with Gasteiger partial charge in [-0.3, -0.25) is 0 Å². The van der Waals surface area contributed by atoms with Gasteiger partial charge in [0.25, 0.3) is 0 Å². The molecule has 1 atom stereocenters. The first-order valence-corrected chi connectivity index (χ1v) is 5.24. The smallest absolute Gasteiger partial charge is 0.326 e. The second-order valence-electron chi connectivity index (χ2n) is 4.03. The van der Waals surface area contributed by atoms with Gasteiger partial charge in [-0.2, -0.15) is 0 Å². The Balaban J connectivity index is 2.26. The van der Waals surface area contributed by atoms with Gasteiger partial charge in [-0.05, 0) is 37.5 Å². The lowest BCUT2D eigenvalue weighted by Crippen LogP contribution is -2.35. The molecule has 1 saturated heterocycles. The lowest BCUT2D eigenvalue weighted by atomic mass is 10.2. The Labute approximate surface area is 89.3 Å². The van der Waals surface area contributed by atoms with Crippen LogP contribution in [0.5, 0.6) is 0 Å². The van der Waals surface area contributed by atoms with Crippen LogP contribution in [0.1, 0.15) is 18.4 Å². The number of nitrogens with zero attached hydrogens (tertiary/aromatic N) is 1. The van der Waals surface area contributed by atoms with E-state index in [1.807, 2.05) is 36.1 Å². The molecule has 1 aliphatic rings. The minimum Gasteiger partial charge on any atom is -0.480 e. The fourth-order valence-corrected chi connectivity index (χ4v) is 2.14. The number of aryl methyl sites for hydroxylation is 1. The number of hydrogen-bond acceptors (Lipinski definition) is 2. The molecule has 1 fully saturated rings. The Bertz CT molecular complexity index is 376. The molecule has 0 amide bonds. The minimum absolute atomic E-state index is 0.341. The molecular weight excluding hydrogens is 190 g/mol. The molecule has 0 radical (unpaired) electrons. The lowest BCUT2D eigenvalue weighted by molar-refractivity contribution is -0.138. The maximum absolute atomic E-state index is 11.0. The molecule has 1 N–H and O–H groups in total.